The predicted octanol–water partition coefficient (Wildman–Crippen LogP) is 8.61. The molecule has 0 fully saturated rings. The minimum Gasteiger partial charge on any atom is -0.852 e. The molecule has 2 rings (SSSR count). The molecular formula is C42H73NO10S3Ti. The van der Waals surface area contributed by atoms with Crippen LogP contribution < -0.4 is 10.4 Å². The van der Waals surface area contributed by atoms with E-state index in [0.29, 0.717) is 0 Å². The first-order valence-corrected chi connectivity index (χ1v) is 25.1. The van der Waals surface area contributed by atoms with Gasteiger partial charge < -0.3 is 24.1 Å². The molecule has 11 nitrogen and oxygen atoms in total. The van der Waals surface area contributed by atoms with Gasteiger partial charge in [0.25, 0.3) is 0 Å². The van der Waals surface area contributed by atoms with Gasteiger partial charge in [0.15, 0.2) is 0 Å². The molecule has 0 aliphatic heterocycles. The molecule has 15 heteroatoms. The van der Waals surface area contributed by atoms with Gasteiger partial charge in [-0.15, -0.1) is 6.10 Å². The van der Waals surface area contributed by atoms with E-state index in [-0.39, 0.29) is 43.8 Å². The largest absolute Gasteiger partial charge is 4.00 e. The molecule has 2 aromatic rings. The van der Waals surface area contributed by atoms with Gasteiger partial charge in [-0.1, -0.05) is 168 Å². The summed E-state index contributed by atoms with van der Waals surface area (Å²) < 4.78 is 95.2. The van der Waals surface area contributed by atoms with Gasteiger partial charge in [-0.2, -0.15) is 0 Å². The van der Waals surface area contributed by atoms with E-state index in [2.05, 4.69) is 19.2 Å². The van der Waals surface area contributed by atoms with Gasteiger partial charge in [-0.3, -0.25) is 0 Å². The molecule has 0 saturated heterocycles. The molecule has 0 bridgehead atoms. The number of rotatable bonds is 27. The van der Waals surface area contributed by atoms with E-state index in [1.54, 1.807) is 33.0 Å². The molecule has 2 aromatic carbocycles. The summed E-state index contributed by atoms with van der Waals surface area (Å²) in [5.41, 5.74) is 1.88. The minimum atomic E-state index is -4.33. The van der Waals surface area contributed by atoms with Crippen molar-refractivity contribution in [1.29, 1.82) is 0 Å². The van der Waals surface area contributed by atoms with Crippen molar-refractivity contribution >= 4 is 30.4 Å². The monoisotopic (exact) mass is 895 g/mol. The molecule has 0 aliphatic rings. The molecule has 0 aliphatic carbocycles. The summed E-state index contributed by atoms with van der Waals surface area (Å²) in [6.45, 7) is 7.93. The quantitative estimate of drug-likeness (QED) is 0.0510. The fourth-order valence-electron chi connectivity index (χ4n) is 5.57. The first-order valence-electron chi connectivity index (χ1n) is 20.7. The fourth-order valence-corrected chi connectivity index (χ4v) is 7.11. The van der Waals surface area contributed by atoms with Gasteiger partial charge in [0, 0.05) is 6.54 Å². The summed E-state index contributed by atoms with van der Waals surface area (Å²) in [4.78, 5) is -0.228. The molecule has 0 spiro atoms. The maximum Gasteiger partial charge on any atom is 4.00 e. The van der Waals surface area contributed by atoms with Gasteiger partial charge in [-0.25, -0.2) is 25.3 Å². The smallest absolute Gasteiger partial charge is 0.852 e. The Labute approximate surface area is 363 Å². The van der Waals surface area contributed by atoms with Crippen LogP contribution in [0.2, 0.25) is 0 Å². The van der Waals surface area contributed by atoms with Gasteiger partial charge >= 0.3 is 21.7 Å². The van der Waals surface area contributed by atoms with E-state index < -0.39 is 36.5 Å². The molecule has 1 N–H and O–H groups in total. The number of nitrogens with one attached hydrogen (secondary N) is 1. The Morgan fingerprint density at radius 1 is 0.526 bits per heavy atom. The van der Waals surface area contributed by atoms with Crippen LogP contribution in [0, 0.1) is 0 Å². The normalized spacial score (nSPS) is 11.3. The third-order valence-electron chi connectivity index (χ3n) is 8.61. The summed E-state index contributed by atoms with van der Waals surface area (Å²) in [7, 11) is -11.1. The number of aryl methyl sites for hydroxylation is 2. The molecule has 0 atom stereocenters. The van der Waals surface area contributed by atoms with Crippen molar-refractivity contribution in [1.82, 2.24) is 5.32 Å². The summed E-state index contributed by atoms with van der Waals surface area (Å²) in [5.74, 6) is -0.330. The van der Waals surface area contributed by atoms with E-state index in [1.165, 1.54) is 140 Å². The van der Waals surface area contributed by atoms with Crippen molar-refractivity contribution in [2.24, 2.45) is 0 Å². The zero-order valence-electron chi connectivity index (χ0n) is 35.5. The van der Waals surface area contributed by atoms with E-state index in [1.807, 2.05) is 12.1 Å². The Morgan fingerprint density at radius 3 is 1.04 bits per heavy atom. The first kappa shape index (κ1) is 60.1. The zero-order chi connectivity index (χ0) is 42.7. The van der Waals surface area contributed by atoms with Crippen LogP contribution >= 0.6 is 0 Å². The Morgan fingerprint density at radius 2 is 0.807 bits per heavy atom. The van der Waals surface area contributed by atoms with Crippen LogP contribution in [0.1, 0.15) is 167 Å². The zero-order valence-corrected chi connectivity index (χ0v) is 39.5. The molecule has 57 heavy (non-hydrogen) atoms. The van der Waals surface area contributed by atoms with Crippen LogP contribution in [0.15, 0.2) is 58.3 Å². The second-order valence-corrected chi connectivity index (χ2v) is 18.8. The topological polar surface area (TPSA) is 207 Å². The van der Waals surface area contributed by atoms with Crippen molar-refractivity contribution in [2.75, 3.05) is 19.3 Å². The molecule has 0 heterocycles. The Hall–Kier alpha value is -1.20. The molecular weight excluding hydrogens is 823 g/mol. The van der Waals surface area contributed by atoms with E-state index in [0.717, 1.165) is 36.8 Å². The van der Waals surface area contributed by atoms with Crippen LogP contribution in [0.5, 0.6) is 0 Å². The van der Waals surface area contributed by atoms with Gasteiger partial charge in [-0.05, 0) is 68.1 Å². The number of benzene rings is 2. The third-order valence-corrected chi connectivity index (χ3v) is 11.0. The minimum absolute atomic E-state index is 0. The van der Waals surface area contributed by atoms with E-state index >= 15 is 0 Å². The van der Waals surface area contributed by atoms with Gasteiger partial charge in [0.05, 0.1) is 25.7 Å². The average molecular weight is 896 g/mol. The first-order chi connectivity index (χ1) is 26.4. The Balaban J connectivity index is -0.000000787. The summed E-state index contributed by atoms with van der Waals surface area (Å²) >= 11 is 0. The van der Waals surface area contributed by atoms with Crippen molar-refractivity contribution in [3.05, 3.63) is 59.7 Å². The summed E-state index contributed by atoms with van der Waals surface area (Å²) in [5, 5.41) is 12.1. The second kappa shape index (κ2) is 37.8. The van der Waals surface area contributed by atoms with Gasteiger partial charge in [0.2, 0.25) is 0 Å². The molecule has 0 aromatic heterocycles. The molecule has 0 amide bonds. The summed E-state index contributed by atoms with van der Waals surface area (Å²) in [6.07, 6.45) is 26.9. The van der Waals surface area contributed by atoms with Crippen molar-refractivity contribution in [2.45, 2.75) is 185 Å². The maximum atomic E-state index is 11.0. The van der Waals surface area contributed by atoms with Crippen molar-refractivity contribution in [3.63, 3.8) is 0 Å². The van der Waals surface area contributed by atoms with Crippen LogP contribution in [0.25, 0.3) is 0 Å². The standard InChI is InChI=1S/2C18H30O3S.C3H9NO3S.C3H7O.Ti/c2*1-2-3-4-5-6-7-8-9-10-11-13-17-14-12-15-18(16-17)22(19,20)21;1-4-2-3-8(5,6)7;1-3(2)4;/h2*12,14-16H,2-11,13H2,1H3,(H,19,20,21);4H,2-3H2,1H3,(H,5,6,7);3H,1-2H3;/q;;;-1;+4/p-3. The van der Waals surface area contributed by atoms with Crippen LogP contribution in [-0.4, -0.2) is 64.4 Å². The van der Waals surface area contributed by atoms with Crippen LogP contribution in [0.3, 0.4) is 0 Å². The molecule has 0 saturated carbocycles. The van der Waals surface area contributed by atoms with Crippen molar-refractivity contribution < 1.29 is 65.7 Å². The number of hydrogen-bond acceptors (Lipinski definition) is 11. The van der Waals surface area contributed by atoms with Crippen LogP contribution in [-0.2, 0) is 64.9 Å². The van der Waals surface area contributed by atoms with Crippen LogP contribution in [0.4, 0.5) is 0 Å². The van der Waals surface area contributed by atoms with E-state index in [4.69, 9.17) is 0 Å². The van der Waals surface area contributed by atoms with Gasteiger partial charge in [0.1, 0.15) is 20.2 Å². The SMILES string of the molecule is CC(C)[O-].CCCCCCCCCCCCc1cccc(S(=O)(=O)[O-])c1.CCCCCCCCCCCCc1cccc(S(=O)(=O)[O-])c1.CNCCS(=O)(=O)[O-].[Ti+4]. The fraction of sp³-hybridized carbons (Fsp3) is 0.714. The molecule has 0 radical (unpaired) electrons. The van der Waals surface area contributed by atoms with E-state index in [9.17, 15) is 44.0 Å². The predicted molar refractivity (Wildman–Crippen MR) is 224 cm³/mol. The summed E-state index contributed by atoms with van der Waals surface area (Å²) in [6, 6.07) is 12.8. The Bertz CT molecular complexity index is 1460. The van der Waals surface area contributed by atoms with Crippen molar-refractivity contribution in [3.8, 4) is 0 Å². The second-order valence-electron chi connectivity index (χ2n) is 14.5. The number of hydrogen-bond donors (Lipinski definition) is 1. The molecule has 328 valence electrons. The maximum absolute atomic E-state index is 11.0. The average Bonchev–Trinajstić information content (AvgIpc) is 3.12. The molecule has 0 unspecified atom stereocenters. The third kappa shape index (κ3) is 42.7. The Kier molecular flexibility index (Phi) is 39.8. The number of unbranched alkanes of at least 4 members (excludes halogenated alkanes) is 18.